The van der Waals surface area contributed by atoms with Crippen LogP contribution in [0, 0.1) is 11.6 Å². The van der Waals surface area contributed by atoms with Crippen molar-refractivity contribution in [3.63, 3.8) is 0 Å². The van der Waals surface area contributed by atoms with E-state index < -0.39 is 11.6 Å². The van der Waals surface area contributed by atoms with E-state index in [1.807, 2.05) is 0 Å². The molecule has 0 heterocycles. The van der Waals surface area contributed by atoms with E-state index in [9.17, 15) is 13.6 Å². The van der Waals surface area contributed by atoms with Crippen LogP contribution in [0.5, 0.6) is 5.75 Å². The Hall–Kier alpha value is -2.63. The Morgan fingerprint density at radius 2 is 2.00 bits per heavy atom. The van der Waals surface area contributed by atoms with Gasteiger partial charge in [0.15, 0.2) is 0 Å². The predicted octanol–water partition coefficient (Wildman–Crippen LogP) is 3.13. The van der Waals surface area contributed by atoms with Crippen molar-refractivity contribution in [2.24, 2.45) is 0 Å². The third-order valence-electron chi connectivity index (χ3n) is 3.14. The summed E-state index contributed by atoms with van der Waals surface area (Å²) >= 11 is 0. The number of amides is 1. The van der Waals surface area contributed by atoms with Crippen LogP contribution >= 0.6 is 0 Å². The molecule has 0 aliphatic rings. The van der Waals surface area contributed by atoms with Crippen molar-refractivity contribution < 1.29 is 18.3 Å². The largest absolute Gasteiger partial charge is 0.495 e. The van der Waals surface area contributed by atoms with Gasteiger partial charge in [-0.1, -0.05) is 6.07 Å². The Kier molecular flexibility index (Phi) is 4.93. The van der Waals surface area contributed by atoms with Crippen molar-refractivity contribution >= 4 is 17.3 Å². The lowest BCUT2D eigenvalue weighted by Crippen LogP contribution is -2.13. The topological polar surface area (TPSA) is 64.3 Å². The van der Waals surface area contributed by atoms with Crippen LogP contribution in [0.25, 0.3) is 0 Å². The molecule has 0 radical (unpaired) electrons. The van der Waals surface area contributed by atoms with Gasteiger partial charge in [-0.15, -0.1) is 0 Å². The second-order valence-corrected chi connectivity index (χ2v) is 4.75. The number of anilines is 2. The van der Waals surface area contributed by atoms with Gasteiger partial charge in [0.1, 0.15) is 17.4 Å². The molecule has 116 valence electrons. The number of aryl methyl sites for hydroxylation is 1. The van der Waals surface area contributed by atoms with E-state index >= 15 is 0 Å². The van der Waals surface area contributed by atoms with Gasteiger partial charge >= 0.3 is 0 Å². The highest BCUT2D eigenvalue weighted by molar-refractivity contribution is 5.90. The van der Waals surface area contributed by atoms with E-state index in [0.717, 1.165) is 17.7 Å². The first-order valence-electron chi connectivity index (χ1n) is 6.67. The first-order valence-corrected chi connectivity index (χ1v) is 6.67. The zero-order valence-electron chi connectivity index (χ0n) is 12.0. The zero-order chi connectivity index (χ0) is 16.1. The summed E-state index contributed by atoms with van der Waals surface area (Å²) in [6.07, 6.45) is 0.603. The Labute approximate surface area is 126 Å². The molecule has 0 aliphatic heterocycles. The molecule has 0 unspecified atom stereocenters. The molecule has 22 heavy (non-hydrogen) atoms. The molecule has 6 heteroatoms. The molecule has 0 spiro atoms. The number of nitrogen functional groups attached to an aromatic ring is 1. The Morgan fingerprint density at radius 3 is 2.64 bits per heavy atom. The number of hydrogen-bond acceptors (Lipinski definition) is 3. The average molecular weight is 306 g/mol. The van der Waals surface area contributed by atoms with Crippen LogP contribution in [0.1, 0.15) is 12.0 Å². The van der Waals surface area contributed by atoms with Crippen molar-refractivity contribution in [2.45, 2.75) is 12.8 Å². The van der Waals surface area contributed by atoms with Gasteiger partial charge in [-0.2, -0.15) is 0 Å². The van der Waals surface area contributed by atoms with Gasteiger partial charge in [-0.3, -0.25) is 4.79 Å². The fraction of sp³-hybridized carbons (Fsp3) is 0.188. The molecule has 0 saturated heterocycles. The summed E-state index contributed by atoms with van der Waals surface area (Å²) in [5, 5.41) is 2.41. The van der Waals surface area contributed by atoms with Gasteiger partial charge in [0, 0.05) is 12.5 Å². The van der Waals surface area contributed by atoms with Crippen LogP contribution in [-0.2, 0) is 11.2 Å². The normalized spacial score (nSPS) is 10.3. The molecule has 4 nitrogen and oxygen atoms in total. The van der Waals surface area contributed by atoms with E-state index in [-0.39, 0.29) is 18.0 Å². The average Bonchev–Trinajstić information content (AvgIpc) is 2.48. The van der Waals surface area contributed by atoms with Crippen molar-refractivity contribution in [2.75, 3.05) is 18.2 Å². The minimum Gasteiger partial charge on any atom is -0.495 e. The molecule has 0 bridgehead atoms. The van der Waals surface area contributed by atoms with Crippen molar-refractivity contribution in [1.29, 1.82) is 0 Å². The van der Waals surface area contributed by atoms with E-state index in [4.69, 9.17) is 10.5 Å². The first kappa shape index (κ1) is 15.8. The summed E-state index contributed by atoms with van der Waals surface area (Å²) in [6, 6.07) is 8.25. The summed E-state index contributed by atoms with van der Waals surface area (Å²) in [5.41, 5.74) is 7.10. The van der Waals surface area contributed by atoms with Gasteiger partial charge < -0.3 is 15.8 Å². The maximum Gasteiger partial charge on any atom is 0.224 e. The van der Waals surface area contributed by atoms with Crippen molar-refractivity contribution in [1.82, 2.24) is 0 Å². The number of ether oxygens (including phenoxy) is 1. The minimum absolute atomic E-state index is 0.0411. The molecule has 2 aromatic rings. The maximum absolute atomic E-state index is 13.4. The third-order valence-corrected chi connectivity index (χ3v) is 3.14. The van der Waals surface area contributed by atoms with Crippen LogP contribution in [0.2, 0.25) is 0 Å². The van der Waals surface area contributed by atoms with Crippen LogP contribution in [0.3, 0.4) is 0 Å². The second-order valence-electron chi connectivity index (χ2n) is 4.75. The lowest BCUT2D eigenvalue weighted by atomic mass is 10.1. The first-order chi connectivity index (χ1) is 10.5. The molecule has 0 aliphatic carbocycles. The molecule has 2 aromatic carbocycles. The molecule has 2 rings (SSSR count). The van der Waals surface area contributed by atoms with E-state index in [1.54, 1.807) is 18.2 Å². The quantitative estimate of drug-likeness (QED) is 0.834. The summed E-state index contributed by atoms with van der Waals surface area (Å²) in [6.45, 7) is 0. The zero-order valence-corrected chi connectivity index (χ0v) is 12.0. The molecule has 3 N–H and O–H groups in total. The number of nitrogens with one attached hydrogen (secondary N) is 1. The number of rotatable bonds is 5. The van der Waals surface area contributed by atoms with Gasteiger partial charge in [-0.05, 0) is 36.2 Å². The number of hydrogen-bond donors (Lipinski definition) is 2. The highest BCUT2D eigenvalue weighted by Gasteiger charge is 2.09. The van der Waals surface area contributed by atoms with E-state index in [2.05, 4.69) is 5.32 Å². The van der Waals surface area contributed by atoms with Gasteiger partial charge in [0.25, 0.3) is 0 Å². The van der Waals surface area contributed by atoms with Gasteiger partial charge in [0.2, 0.25) is 5.91 Å². The second kappa shape index (κ2) is 6.89. The monoisotopic (exact) mass is 306 g/mol. The van der Waals surface area contributed by atoms with Crippen LogP contribution < -0.4 is 15.8 Å². The number of carbonyl (C=O) groups is 1. The Morgan fingerprint density at radius 1 is 1.23 bits per heavy atom. The summed E-state index contributed by atoms with van der Waals surface area (Å²) in [5.74, 6) is -1.28. The molecule has 0 atom stereocenters. The summed E-state index contributed by atoms with van der Waals surface area (Å²) in [7, 11) is 1.52. The Balaban J connectivity index is 1.94. The van der Waals surface area contributed by atoms with Crippen LogP contribution in [0.15, 0.2) is 36.4 Å². The SMILES string of the molecule is COc1ccc(CCC(=O)Nc2ccc(F)cc2F)cc1N. The summed E-state index contributed by atoms with van der Waals surface area (Å²) < 4.78 is 31.3. The predicted molar refractivity (Wildman–Crippen MR) is 80.7 cm³/mol. The van der Waals surface area contributed by atoms with Crippen molar-refractivity contribution in [3.05, 3.63) is 53.6 Å². The molecule has 1 amide bonds. The van der Waals surface area contributed by atoms with E-state index in [1.165, 1.54) is 13.2 Å². The Bertz CT molecular complexity index is 690. The minimum atomic E-state index is -0.804. The molecule has 0 fully saturated rings. The fourth-order valence-corrected chi connectivity index (χ4v) is 2.00. The number of nitrogens with two attached hydrogens (primary N) is 1. The molecular weight excluding hydrogens is 290 g/mol. The number of carbonyl (C=O) groups excluding carboxylic acids is 1. The smallest absolute Gasteiger partial charge is 0.224 e. The van der Waals surface area contributed by atoms with Gasteiger partial charge in [-0.25, -0.2) is 8.78 Å². The molecular formula is C16H16F2N2O2. The van der Waals surface area contributed by atoms with Gasteiger partial charge in [0.05, 0.1) is 18.5 Å². The van der Waals surface area contributed by atoms with Crippen LogP contribution in [-0.4, -0.2) is 13.0 Å². The third kappa shape index (κ3) is 3.94. The standard InChI is InChI=1S/C16H16F2N2O2/c1-22-15-6-2-10(8-13(15)19)3-7-16(21)20-14-5-4-11(17)9-12(14)18/h2,4-6,8-9H,3,7,19H2,1H3,(H,20,21). The highest BCUT2D eigenvalue weighted by atomic mass is 19.1. The number of halogens is 2. The van der Waals surface area contributed by atoms with Crippen LogP contribution in [0.4, 0.5) is 20.2 Å². The lowest BCUT2D eigenvalue weighted by Gasteiger charge is -2.08. The van der Waals surface area contributed by atoms with Crippen molar-refractivity contribution in [3.8, 4) is 5.75 Å². The fourth-order valence-electron chi connectivity index (χ4n) is 2.00. The number of methoxy groups -OCH3 is 1. The summed E-state index contributed by atoms with van der Waals surface area (Å²) in [4.78, 5) is 11.8. The molecule has 0 saturated carbocycles. The molecule has 0 aromatic heterocycles. The lowest BCUT2D eigenvalue weighted by molar-refractivity contribution is -0.116. The maximum atomic E-state index is 13.4. The van der Waals surface area contributed by atoms with E-state index in [0.29, 0.717) is 17.9 Å². The highest BCUT2D eigenvalue weighted by Crippen LogP contribution is 2.22. The number of benzene rings is 2.